The molecule has 0 aromatic carbocycles. The summed E-state index contributed by atoms with van der Waals surface area (Å²) in [5.41, 5.74) is 1.86. The van der Waals surface area contributed by atoms with Gasteiger partial charge in [0, 0.05) is 23.8 Å². The molecule has 2 aromatic heterocycles. The molecule has 0 saturated carbocycles. The summed E-state index contributed by atoms with van der Waals surface area (Å²) < 4.78 is 1.94. The van der Waals surface area contributed by atoms with E-state index >= 15 is 0 Å². The summed E-state index contributed by atoms with van der Waals surface area (Å²) in [5.74, 6) is -1.21. The monoisotopic (exact) mass is 309 g/mol. The molecule has 0 aliphatic carbocycles. The lowest BCUT2D eigenvalue weighted by atomic mass is 10.1. The number of carbonyl (C=O) groups excluding carboxylic acids is 1. The van der Waals surface area contributed by atoms with Crippen molar-refractivity contribution < 1.29 is 14.7 Å². The van der Waals surface area contributed by atoms with E-state index in [4.69, 9.17) is 5.11 Å². The Morgan fingerprint density at radius 2 is 2.29 bits per heavy atom. The second-order valence-corrected chi connectivity index (χ2v) is 6.01. The molecule has 0 fully saturated rings. The van der Waals surface area contributed by atoms with E-state index in [-0.39, 0.29) is 11.8 Å². The van der Waals surface area contributed by atoms with Crippen LogP contribution in [0.3, 0.4) is 0 Å². The molecule has 1 atom stereocenters. The first-order valence-electron chi connectivity index (χ1n) is 6.89. The van der Waals surface area contributed by atoms with E-state index in [1.165, 1.54) is 11.3 Å². The van der Waals surface area contributed by atoms with E-state index < -0.39 is 5.97 Å². The highest BCUT2D eigenvalue weighted by Gasteiger charge is 2.12. The van der Waals surface area contributed by atoms with Crippen LogP contribution < -0.4 is 5.32 Å². The van der Waals surface area contributed by atoms with Crippen LogP contribution in [0.2, 0.25) is 0 Å². The van der Waals surface area contributed by atoms with Crippen LogP contribution >= 0.6 is 11.3 Å². The van der Waals surface area contributed by atoms with Crippen molar-refractivity contribution in [3.05, 3.63) is 23.0 Å². The Labute approximate surface area is 126 Å². The molecule has 0 aliphatic rings. The average Bonchev–Trinajstić information content (AvgIpc) is 2.95. The summed E-state index contributed by atoms with van der Waals surface area (Å²) in [4.78, 5) is 27.8. The van der Waals surface area contributed by atoms with Gasteiger partial charge in [-0.1, -0.05) is 6.92 Å². The highest BCUT2D eigenvalue weighted by Crippen LogP contribution is 2.16. The molecule has 0 bridgehead atoms. The van der Waals surface area contributed by atoms with Gasteiger partial charge in [0.25, 0.3) is 0 Å². The molecule has 0 saturated heterocycles. The summed E-state index contributed by atoms with van der Waals surface area (Å²) in [7, 11) is 0. The Hall–Kier alpha value is -1.89. The molecule has 2 aromatic rings. The number of aromatic nitrogens is 2. The topological polar surface area (TPSA) is 83.7 Å². The van der Waals surface area contributed by atoms with E-state index in [1.54, 1.807) is 6.92 Å². The van der Waals surface area contributed by atoms with Gasteiger partial charge in [-0.05, 0) is 19.8 Å². The fourth-order valence-corrected chi connectivity index (χ4v) is 2.97. The van der Waals surface area contributed by atoms with E-state index in [9.17, 15) is 9.59 Å². The van der Waals surface area contributed by atoms with Crippen LogP contribution in [0.15, 0.2) is 11.6 Å². The first kappa shape index (κ1) is 15.5. The number of imidazole rings is 1. The van der Waals surface area contributed by atoms with Crippen molar-refractivity contribution >= 4 is 28.2 Å². The van der Waals surface area contributed by atoms with Gasteiger partial charge in [0.15, 0.2) is 4.96 Å². The second-order valence-electron chi connectivity index (χ2n) is 5.17. The van der Waals surface area contributed by atoms with Gasteiger partial charge >= 0.3 is 5.97 Å². The van der Waals surface area contributed by atoms with Gasteiger partial charge in [-0.25, -0.2) is 4.98 Å². The smallest absolute Gasteiger partial charge is 0.306 e. The summed E-state index contributed by atoms with van der Waals surface area (Å²) in [6, 6.07) is 0. The number of nitrogens with zero attached hydrogens (tertiary/aromatic N) is 2. The maximum absolute atomic E-state index is 11.9. The number of amides is 1. The molecule has 2 rings (SSSR count). The Balaban J connectivity index is 1.78. The van der Waals surface area contributed by atoms with E-state index in [0.29, 0.717) is 25.8 Å². The van der Waals surface area contributed by atoms with Crippen molar-refractivity contribution in [1.29, 1.82) is 0 Å². The van der Waals surface area contributed by atoms with Crippen molar-refractivity contribution in [2.75, 3.05) is 6.54 Å². The minimum absolute atomic E-state index is 0.0518. The lowest BCUT2D eigenvalue weighted by Crippen LogP contribution is -2.27. The zero-order valence-electron chi connectivity index (χ0n) is 12.1. The van der Waals surface area contributed by atoms with E-state index in [0.717, 1.165) is 16.3 Å². The lowest BCUT2D eigenvalue weighted by Gasteiger charge is -2.07. The van der Waals surface area contributed by atoms with Crippen molar-refractivity contribution in [1.82, 2.24) is 14.7 Å². The Bertz CT molecular complexity index is 647. The zero-order valence-corrected chi connectivity index (χ0v) is 12.9. The molecule has 7 heteroatoms. The number of carboxylic acids is 1. The molecule has 114 valence electrons. The predicted molar refractivity (Wildman–Crippen MR) is 80.6 cm³/mol. The van der Waals surface area contributed by atoms with Crippen molar-refractivity contribution in [3.8, 4) is 0 Å². The van der Waals surface area contributed by atoms with Crippen LogP contribution in [-0.4, -0.2) is 32.9 Å². The number of hydrogen-bond donors (Lipinski definition) is 2. The maximum Gasteiger partial charge on any atom is 0.306 e. The minimum Gasteiger partial charge on any atom is -0.481 e. The molecule has 6 nitrogen and oxygen atoms in total. The minimum atomic E-state index is -0.794. The Morgan fingerprint density at radius 1 is 1.52 bits per heavy atom. The zero-order chi connectivity index (χ0) is 15.4. The maximum atomic E-state index is 11.9. The summed E-state index contributed by atoms with van der Waals surface area (Å²) in [5, 5.41) is 13.5. The van der Waals surface area contributed by atoms with Crippen LogP contribution in [0, 0.1) is 12.8 Å². The van der Waals surface area contributed by atoms with Gasteiger partial charge in [0.1, 0.15) is 0 Å². The van der Waals surface area contributed by atoms with Gasteiger partial charge in [0.05, 0.1) is 18.0 Å². The van der Waals surface area contributed by atoms with Gasteiger partial charge in [-0.2, -0.15) is 0 Å². The van der Waals surface area contributed by atoms with Crippen molar-refractivity contribution in [3.63, 3.8) is 0 Å². The van der Waals surface area contributed by atoms with E-state index in [2.05, 4.69) is 10.3 Å². The van der Waals surface area contributed by atoms with Crippen LogP contribution in [0.1, 0.15) is 31.2 Å². The number of thiazole rings is 1. The lowest BCUT2D eigenvalue weighted by molar-refractivity contribution is -0.141. The molecule has 1 unspecified atom stereocenters. The van der Waals surface area contributed by atoms with Gasteiger partial charge < -0.3 is 10.4 Å². The number of rotatable bonds is 7. The summed E-state index contributed by atoms with van der Waals surface area (Å²) in [6.07, 6.45) is 3.47. The molecule has 0 radical (unpaired) electrons. The normalized spacial score (nSPS) is 12.5. The number of aliphatic carboxylic acids is 1. The number of aryl methyl sites for hydroxylation is 1. The van der Waals surface area contributed by atoms with Gasteiger partial charge in [0.2, 0.25) is 5.91 Å². The molecular weight excluding hydrogens is 290 g/mol. The first-order chi connectivity index (χ1) is 9.97. The van der Waals surface area contributed by atoms with Crippen LogP contribution in [0.5, 0.6) is 0 Å². The number of nitrogens with one attached hydrogen (secondary N) is 1. The molecule has 21 heavy (non-hydrogen) atoms. The average molecular weight is 309 g/mol. The molecule has 2 N–H and O–H groups in total. The number of carbonyl (C=O) groups is 2. The van der Waals surface area contributed by atoms with E-state index in [1.807, 2.05) is 22.9 Å². The molecular formula is C14H19N3O3S. The second kappa shape index (κ2) is 6.71. The molecule has 0 aliphatic heterocycles. The van der Waals surface area contributed by atoms with Crippen LogP contribution in [-0.2, 0) is 16.0 Å². The molecule has 0 spiro atoms. The number of hydrogen-bond acceptors (Lipinski definition) is 4. The third-order valence-corrected chi connectivity index (χ3v) is 4.19. The first-order valence-corrected chi connectivity index (χ1v) is 7.77. The fourth-order valence-electron chi connectivity index (χ4n) is 2.06. The molecule has 1 amide bonds. The van der Waals surface area contributed by atoms with Crippen LogP contribution in [0.25, 0.3) is 4.96 Å². The quantitative estimate of drug-likeness (QED) is 0.765. The van der Waals surface area contributed by atoms with Crippen molar-refractivity contribution in [2.24, 2.45) is 5.92 Å². The summed E-state index contributed by atoms with van der Waals surface area (Å²) >= 11 is 1.52. The third kappa shape index (κ3) is 4.04. The van der Waals surface area contributed by atoms with Crippen molar-refractivity contribution in [2.45, 2.75) is 33.1 Å². The highest BCUT2D eigenvalue weighted by molar-refractivity contribution is 7.15. The fraction of sp³-hybridized carbons (Fsp3) is 0.500. The third-order valence-electron chi connectivity index (χ3n) is 3.30. The SMILES string of the molecule is Cc1cn2c(CC(=O)NCCCC(C)C(=O)O)csc2n1. The number of fused-ring (bicyclic) bond motifs is 1. The Morgan fingerprint density at radius 3 is 3.00 bits per heavy atom. The largest absolute Gasteiger partial charge is 0.481 e. The number of carboxylic acid groups (broad SMARTS) is 1. The summed E-state index contributed by atoms with van der Waals surface area (Å²) in [6.45, 7) is 4.10. The van der Waals surface area contributed by atoms with Gasteiger partial charge in [-0.15, -0.1) is 11.3 Å². The van der Waals surface area contributed by atoms with Crippen LogP contribution in [0.4, 0.5) is 0 Å². The van der Waals surface area contributed by atoms with Gasteiger partial charge in [-0.3, -0.25) is 14.0 Å². The molecule has 2 heterocycles. The standard InChI is InChI=1S/C14H19N3O3S/c1-9(13(19)20)4-3-5-15-12(18)6-11-8-21-14-16-10(2)7-17(11)14/h7-9H,3-6H2,1-2H3,(H,15,18)(H,19,20). The predicted octanol–water partition coefficient (Wildman–Crippen LogP) is 1.86. The highest BCUT2D eigenvalue weighted by atomic mass is 32.1. The Kier molecular flexibility index (Phi) is 4.95.